The van der Waals surface area contributed by atoms with E-state index in [1.165, 1.54) is 4.21 Å². The molecule has 0 atom stereocenters. The van der Waals surface area contributed by atoms with Crippen LogP contribution in [0.1, 0.15) is 4.88 Å². The number of thiophene rings is 1. The lowest BCUT2D eigenvalue weighted by atomic mass is 10.4. The lowest BCUT2D eigenvalue weighted by Crippen LogP contribution is -2.03. The van der Waals surface area contributed by atoms with E-state index in [9.17, 15) is 0 Å². The Hall–Kier alpha value is -0.520. The molecule has 2 nitrogen and oxygen atoms in total. The summed E-state index contributed by atoms with van der Waals surface area (Å²) in [6.07, 6.45) is 0. The Labute approximate surface area is 107 Å². The zero-order valence-electron chi connectivity index (χ0n) is 8.31. The highest BCUT2D eigenvalue weighted by atomic mass is 35.5. The third-order valence-electron chi connectivity index (χ3n) is 1.94. The molecule has 2 N–H and O–H groups in total. The topological polar surface area (TPSA) is 32.3 Å². The molecule has 0 spiro atoms. The molecule has 0 unspecified atom stereocenters. The van der Waals surface area contributed by atoms with Crippen LogP contribution in [0, 0.1) is 0 Å². The Kier molecular flexibility index (Phi) is 4.26. The van der Waals surface area contributed by atoms with Crippen LogP contribution in [-0.2, 0) is 6.54 Å². The number of hydrogen-bond acceptors (Lipinski definition) is 4. The zero-order chi connectivity index (χ0) is 11.4. The van der Waals surface area contributed by atoms with E-state index in [-0.39, 0.29) is 0 Å². The molecule has 1 aromatic heterocycles. The van der Waals surface area contributed by atoms with Gasteiger partial charge in [0, 0.05) is 9.77 Å². The number of halogens is 1. The molecule has 0 bridgehead atoms. The van der Waals surface area contributed by atoms with Gasteiger partial charge in [-0.2, -0.15) is 0 Å². The summed E-state index contributed by atoms with van der Waals surface area (Å²) in [6.45, 7) is 0.480. The fourth-order valence-corrected chi connectivity index (χ4v) is 3.56. The molecule has 2 aromatic rings. The van der Waals surface area contributed by atoms with Crippen molar-refractivity contribution in [2.45, 2.75) is 15.6 Å². The molecule has 0 saturated heterocycles. The van der Waals surface area contributed by atoms with Crippen molar-refractivity contribution in [1.29, 1.82) is 0 Å². The molecule has 5 heteroatoms. The molecule has 0 saturated carbocycles. The maximum atomic E-state index is 8.59. The average Bonchev–Trinajstić information content (AvgIpc) is 2.70. The van der Waals surface area contributed by atoms with Gasteiger partial charge in [0.2, 0.25) is 0 Å². The van der Waals surface area contributed by atoms with E-state index in [1.54, 1.807) is 23.1 Å². The van der Waals surface area contributed by atoms with E-state index in [1.807, 2.05) is 36.4 Å². The van der Waals surface area contributed by atoms with Crippen molar-refractivity contribution in [3.63, 3.8) is 0 Å². The van der Waals surface area contributed by atoms with Gasteiger partial charge in [-0.25, -0.2) is 5.48 Å². The van der Waals surface area contributed by atoms with E-state index in [0.29, 0.717) is 6.54 Å². The van der Waals surface area contributed by atoms with Crippen molar-refractivity contribution < 1.29 is 5.21 Å². The average molecular weight is 272 g/mol. The summed E-state index contributed by atoms with van der Waals surface area (Å²) in [7, 11) is 0. The predicted octanol–water partition coefficient (Wildman–Crippen LogP) is 4.03. The van der Waals surface area contributed by atoms with Crippen molar-refractivity contribution in [2.75, 3.05) is 0 Å². The number of nitrogens with one attached hydrogen (secondary N) is 1. The van der Waals surface area contributed by atoms with Gasteiger partial charge in [0.25, 0.3) is 0 Å². The maximum Gasteiger partial charge on any atom is 0.0650 e. The van der Waals surface area contributed by atoms with Gasteiger partial charge in [-0.15, -0.1) is 11.3 Å². The number of hydroxylamine groups is 1. The van der Waals surface area contributed by atoms with Crippen molar-refractivity contribution >= 4 is 34.7 Å². The van der Waals surface area contributed by atoms with Gasteiger partial charge in [0.1, 0.15) is 0 Å². The summed E-state index contributed by atoms with van der Waals surface area (Å²) in [5, 5.41) is 9.36. The summed E-state index contributed by atoms with van der Waals surface area (Å²) in [4.78, 5) is 2.14. The first-order valence-corrected chi connectivity index (χ1v) is 6.69. The standard InChI is InChI=1S/C11H10ClNOS2/c12-9-3-1-2-4-10(9)16-11-6-5-8(15-11)7-13-14/h1-6,13-14H,7H2. The van der Waals surface area contributed by atoms with E-state index in [0.717, 1.165) is 14.8 Å². The van der Waals surface area contributed by atoms with Gasteiger partial charge < -0.3 is 5.21 Å². The Morgan fingerprint density at radius 3 is 2.81 bits per heavy atom. The summed E-state index contributed by atoms with van der Waals surface area (Å²) in [6, 6.07) is 11.8. The fraction of sp³-hybridized carbons (Fsp3) is 0.0909. The first-order valence-electron chi connectivity index (χ1n) is 4.67. The molecule has 0 aliphatic heterocycles. The van der Waals surface area contributed by atoms with Crippen molar-refractivity contribution in [1.82, 2.24) is 5.48 Å². The van der Waals surface area contributed by atoms with Crippen LogP contribution < -0.4 is 5.48 Å². The summed E-state index contributed by atoms with van der Waals surface area (Å²) in [5.41, 5.74) is 2.15. The van der Waals surface area contributed by atoms with Gasteiger partial charge in [-0.1, -0.05) is 35.5 Å². The van der Waals surface area contributed by atoms with Crippen LogP contribution in [0.2, 0.25) is 5.02 Å². The molecular formula is C11H10ClNOS2. The molecular weight excluding hydrogens is 262 g/mol. The third kappa shape index (κ3) is 2.99. The smallest absolute Gasteiger partial charge is 0.0650 e. The second kappa shape index (κ2) is 5.70. The molecule has 0 amide bonds. The minimum Gasteiger partial charge on any atom is -0.316 e. The Morgan fingerprint density at radius 1 is 1.25 bits per heavy atom. The van der Waals surface area contributed by atoms with Gasteiger partial charge in [-0.3, -0.25) is 0 Å². The molecule has 0 radical (unpaired) electrons. The molecule has 16 heavy (non-hydrogen) atoms. The minimum absolute atomic E-state index is 0.480. The summed E-state index contributed by atoms with van der Waals surface area (Å²) < 4.78 is 1.17. The lowest BCUT2D eigenvalue weighted by Gasteiger charge is -2.00. The van der Waals surface area contributed by atoms with Crippen LogP contribution in [0.3, 0.4) is 0 Å². The summed E-state index contributed by atoms with van der Waals surface area (Å²) >= 11 is 9.35. The third-order valence-corrected chi connectivity index (χ3v) is 4.67. The highest BCUT2D eigenvalue weighted by molar-refractivity contribution is 8.01. The fourth-order valence-electron chi connectivity index (χ4n) is 1.22. The Morgan fingerprint density at radius 2 is 2.06 bits per heavy atom. The number of rotatable bonds is 4. The van der Waals surface area contributed by atoms with Crippen LogP contribution in [0.5, 0.6) is 0 Å². The Bertz CT molecular complexity index is 473. The van der Waals surface area contributed by atoms with Crippen LogP contribution >= 0.6 is 34.7 Å². The molecule has 1 heterocycles. The first kappa shape index (κ1) is 12.0. The van der Waals surface area contributed by atoms with E-state index in [2.05, 4.69) is 5.48 Å². The van der Waals surface area contributed by atoms with Crippen molar-refractivity contribution in [3.05, 3.63) is 46.3 Å². The van der Waals surface area contributed by atoms with E-state index < -0.39 is 0 Å². The quantitative estimate of drug-likeness (QED) is 0.824. The highest BCUT2D eigenvalue weighted by Crippen LogP contribution is 2.36. The number of hydrogen-bond donors (Lipinski definition) is 2. The van der Waals surface area contributed by atoms with Crippen LogP contribution in [0.4, 0.5) is 0 Å². The molecule has 0 fully saturated rings. The SMILES string of the molecule is ONCc1ccc(Sc2ccccc2Cl)s1. The van der Waals surface area contributed by atoms with E-state index >= 15 is 0 Å². The maximum absolute atomic E-state index is 8.59. The molecule has 1 aromatic carbocycles. The molecule has 0 aliphatic carbocycles. The van der Waals surface area contributed by atoms with Crippen molar-refractivity contribution in [3.8, 4) is 0 Å². The van der Waals surface area contributed by atoms with Crippen LogP contribution in [0.25, 0.3) is 0 Å². The van der Waals surface area contributed by atoms with Crippen LogP contribution in [0.15, 0.2) is 45.5 Å². The summed E-state index contributed by atoms with van der Waals surface area (Å²) in [5.74, 6) is 0. The first-order chi connectivity index (χ1) is 7.79. The van der Waals surface area contributed by atoms with Crippen molar-refractivity contribution in [2.24, 2.45) is 0 Å². The lowest BCUT2D eigenvalue weighted by molar-refractivity contribution is 0.162. The molecule has 84 valence electrons. The molecule has 2 rings (SSSR count). The van der Waals surface area contributed by atoms with Gasteiger partial charge in [0.05, 0.1) is 15.8 Å². The highest BCUT2D eigenvalue weighted by Gasteiger charge is 2.04. The number of benzene rings is 1. The largest absolute Gasteiger partial charge is 0.316 e. The van der Waals surface area contributed by atoms with Gasteiger partial charge in [0.15, 0.2) is 0 Å². The minimum atomic E-state index is 0.480. The zero-order valence-corrected chi connectivity index (χ0v) is 10.7. The second-order valence-electron chi connectivity index (χ2n) is 3.09. The Balaban J connectivity index is 2.11. The monoisotopic (exact) mass is 271 g/mol. The second-order valence-corrected chi connectivity index (χ2v) is 6.01. The van der Waals surface area contributed by atoms with Crippen LogP contribution in [-0.4, -0.2) is 5.21 Å². The predicted molar refractivity (Wildman–Crippen MR) is 68.5 cm³/mol. The molecule has 0 aliphatic rings. The van der Waals surface area contributed by atoms with E-state index in [4.69, 9.17) is 16.8 Å². The normalized spacial score (nSPS) is 10.6. The van der Waals surface area contributed by atoms with Gasteiger partial charge >= 0.3 is 0 Å². The van der Waals surface area contributed by atoms with Gasteiger partial charge in [-0.05, 0) is 24.3 Å².